The highest BCUT2D eigenvalue weighted by molar-refractivity contribution is 7.13. The Labute approximate surface area is 195 Å². The van der Waals surface area contributed by atoms with Crippen LogP contribution in [-0.4, -0.2) is 59.9 Å². The van der Waals surface area contributed by atoms with Crippen molar-refractivity contribution in [2.24, 2.45) is 5.73 Å². The average molecular weight is 469 g/mol. The van der Waals surface area contributed by atoms with Crippen LogP contribution < -0.4 is 16.0 Å². The predicted molar refractivity (Wildman–Crippen MR) is 127 cm³/mol. The Kier molecular flexibility index (Phi) is 6.66. The van der Waals surface area contributed by atoms with Crippen molar-refractivity contribution in [1.29, 1.82) is 0 Å². The lowest BCUT2D eigenvalue weighted by Gasteiger charge is -2.33. The summed E-state index contributed by atoms with van der Waals surface area (Å²) in [4.78, 5) is 37.2. The lowest BCUT2D eigenvalue weighted by Crippen LogP contribution is -2.43. The van der Waals surface area contributed by atoms with E-state index in [1.165, 1.54) is 23.1 Å². The van der Waals surface area contributed by atoms with Crippen LogP contribution in [0.3, 0.4) is 0 Å². The fourth-order valence-corrected chi connectivity index (χ4v) is 4.57. The largest absolute Gasteiger partial charge is 0.368 e. The second kappa shape index (κ2) is 9.63. The van der Waals surface area contributed by atoms with Gasteiger partial charge in [0.25, 0.3) is 11.8 Å². The number of hydrogen-bond acceptors (Lipinski definition) is 7. The van der Waals surface area contributed by atoms with Gasteiger partial charge in [-0.2, -0.15) is 0 Å². The van der Waals surface area contributed by atoms with Gasteiger partial charge in [-0.25, -0.2) is 9.37 Å². The average Bonchev–Trinajstić information content (AvgIpc) is 3.29. The fourth-order valence-electron chi connectivity index (χ4n) is 3.76. The lowest BCUT2D eigenvalue weighted by atomic mass is 10.1. The first-order chi connectivity index (χ1) is 15.8. The topological polar surface area (TPSA) is 104 Å². The molecule has 0 bridgehead atoms. The molecular weight excluding hydrogens is 443 g/mol. The second-order valence-electron chi connectivity index (χ2n) is 8.13. The third-order valence-electron chi connectivity index (χ3n) is 5.43. The van der Waals surface area contributed by atoms with Gasteiger partial charge in [0.15, 0.2) is 0 Å². The van der Waals surface area contributed by atoms with E-state index in [-0.39, 0.29) is 23.2 Å². The van der Waals surface area contributed by atoms with Gasteiger partial charge in [0.2, 0.25) is 0 Å². The van der Waals surface area contributed by atoms with Crippen LogP contribution in [0, 0.1) is 5.82 Å². The molecule has 172 valence electrons. The van der Waals surface area contributed by atoms with Gasteiger partial charge in [-0.1, -0.05) is 0 Å². The maximum atomic E-state index is 14.5. The zero-order chi connectivity index (χ0) is 23.5. The molecule has 1 fully saturated rings. The molecule has 3 aromatic rings. The molecule has 2 amide bonds. The molecule has 1 aliphatic rings. The summed E-state index contributed by atoms with van der Waals surface area (Å²) < 4.78 is 14.5. The SMILES string of the molecule is CN(C)C(=O)c1ccc(F)c(-c2nc(C(=O)Nc3cnccc3N3CCCC(N)C3)cs2)c1. The fraction of sp³-hybridized carbons (Fsp3) is 0.304. The minimum atomic E-state index is -0.511. The predicted octanol–water partition coefficient (Wildman–Crippen LogP) is 3.23. The van der Waals surface area contributed by atoms with E-state index in [1.54, 1.807) is 31.9 Å². The number of thiazole rings is 1. The van der Waals surface area contributed by atoms with Crippen LogP contribution in [0.4, 0.5) is 15.8 Å². The van der Waals surface area contributed by atoms with E-state index in [0.29, 0.717) is 22.8 Å². The molecule has 4 rings (SSSR count). The Morgan fingerprint density at radius 1 is 1.30 bits per heavy atom. The Hall–Kier alpha value is -3.37. The minimum absolute atomic E-state index is 0.0848. The van der Waals surface area contributed by atoms with E-state index < -0.39 is 11.7 Å². The molecule has 1 unspecified atom stereocenters. The van der Waals surface area contributed by atoms with Gasteiger partial charge in [-0.15, -0.1) is 11.3 Å². The van der Waals surface area contributed by atoms with Gasteiger partial charge in [0, 0.05) is 55.9 Å². The number of anilines is 2. The number of amides is 2. The van der Waals surface area contributed by atoms with Gasteiger partial charge in [0.1, 0.15) is 16.5 Å². The Morgan fingerprint density at radius 2 is 2.12 bits per heavy atom. The van der Waals surface area contributed by atoms with Crippen molar-refractivity contribution in [1.82, 2.24) is 14.9 Å². The van der Waals surface area contributed by atoms with E-state index in [0.717, 1.165) is 36.4 Å². The molecule has 3 N–H and O–H groups in total. The quantitative estimate of drug-likeness (QED) is 0.596. The summed E-state index contributed by atoms with van der Waals surface area (Å²) in [5, 5.41) is 4.75. The third kappa shape index (κ3) is 5.01. The molecule has 0 aliphatic carbocycles. The van der Waals surface area contributed by atoms with E-state index in [1.807, 2.05) is 6.07 Å². The number of piperidine rings is 1. The molecule has 3 heterocycles. The summed E-state index contributed by atoms with van der Waals surface area (Å²) in [6.45, 7) is 1.55. The van der Waals surface area contributed by atoms with Crippen LogP contribution >= 0.6 is 11.3 Å². The van der Waals surface area contributed by atoms with Crippen molar-refractivity contribution in [3.8, 4) is 10.6 Å². The highest BCUT2D eigenvalue weighted by Gasteiger charge is 2.22. The molecule has 1 saturated heterocycles. The summed E-state index contributed by atoms with van der Waals surface area (Å²) in [5.74, 6) is -1.18. The summed E-state index contributed by atoms with van der Waals surface area (Å²) in [6, 6.07) is 6.05. The number of hydrogen-bond donors (Lipinski definition) is 2. The smallest absolute Gasteiger partial charge is 0.275 e. The van der Waals surface area contributed by atoms with Gasteiger partial charge in [-0.3, -0.25) is 14.6 Å². The van der Waals surface area contributed by atoms with Crippen molar-refractivity contribution in [3.05, 3.63) is 59.1 Å². The standard InChI is InChI=1S/C23H25FN6O2S/c1-29(2)23(32)14-5-6-17(24)16(10-14)22-28-19(13-33-22)21(31)27-18-11-26-8-7-20(18)30-9-3-4-15(25)12-30/h5-8,10-11,13,15H,3-4,9,12,25H2,1-2H3,(H,27,31). The van der Waals surface area contributed by atoms with Crippen LogP contribution in [-0.2, 0) is 0 Å². The van der Waals surface area contributed by atoms with E-state index in [2.05, 4.69) is 20.2 Å². The number of aromatic nitrogens is 2. The summed E-state index contributed by atoms with van der Waals surface area (Å²) in [5.41, 5.74) is 8.21. The molecular formula is C23H25FN6O2S. The summed E-state index contributed by atoms with van der Waals surface area (Å²) in [7, 11) is 3.25. The first-order valence-electron chi connectivity index (χ1n) is 10.6. The van der Waals surface area contributed by atoms with Crippen LogP contribution in [0.5, 0.6) is 0 Å². The Morgan fingerprint density at radius 3 is 2.88 bits per heavy atom. The van der Waals surface area contributed by atoms with E-state index >= 15 is 0 Å². The molecule has 0 radical (unpaired) electrons. The van der Waals surface area contributed by atoms with Gasteiger partial charge >= 0.3 is 0 Å². The molecule has 1 atom stereocenters. The van der Waals surface area contributed by atoms with Gasteiger partial charge < -0.3 is 20.9 Å². The van der Waals surface area contributed by atoms with Crippen LogP contribution in [0.2, 0.25) is 0 Å². The molecule has 8 nitrogen and oxygen atoms in total. The highest BCUT2D eigenvalue weighted by atomic mass is 32.1. The molecule has 1 aliphatic heterocycles. The van der Waals surface area contributed by atoms with Gasteiger partial charge in [-0.05, 0) is 37.1 Å². The normalized spacial score (nSPS) is 15.9. The number of nitrogens with two attached hydrogens (primary N) is 1. The van der Waals surface area contributed by atoms with Crippen molar-refractivity contribution in [2.75, 3.05) is 37.4 Å². The van der Waals surface area contributed by atoms with Crippen LogP contribution in [0.15, 0.2) is 42.0 Å². The Bertz CT molecular complexity index is 1180. The second-order valence-corrected chi connectivity index (χ2v) is 8.99. The summed E-state index contributed by atoms with van der Waals surface area (Å²) in [6.07, 6.45) is 5.23. The van der Waals surface area contributed by atoms with Crippen molar-refractivity contribution < 1.29 is 14.0 Å². The van der Waals surface area contributed by atoms with Crippen molar-refractivity contribution in [2.45, 2.75) is 18.9 Å². The molecule has 0 spiro atoms. The third-order valence-corrected chi connectivity index (χ3v) is 6.31. The van der Waals surface area contributed by atoms with E-state index in [9.17, 15) is 14.0 Å². The number of benzene rings is 1. The van der Waals surface area contributed by atoms with Gasteiger partial charge in [0.05, 0.1) is 17.6 Å². The number of halogens is 1. The maximum Gasteiger partial charge on any atom is 0.275 e. The first kappa shape index (κ1) is 22.8. The van der Waals surface area contributed by atoms with Crippen molar-refractivity contribution in [3.63, 3.8) is 0 Å². The zero-order valence-electron chi connectivity index (χ0n) is 18.4. The van der Waals surface area contributed by atoms with Crippen LogP contribution in [0.1, 0.15) is 33.7 Å². The Balaban J connectivity index is 1.56. The number of pyridine rings is 1. The number of nitrogens with zero attached hydrogens (tertiary/aromatic N) is 4. The lowest BCUT2D eigenvalue weighted by molar-refractivity contribution is 0.0827. The monoisotopic (exact) mass is 468 g/mol. The highest BCUT2D eigenvalue weighted by Crippen LogP contribution is 2.30. The van der Waals surface area contributed by atoms with E-state index in [4.69, 9.17) is 5.73 Å². The zero-order valence-corrected chi connectivity index (χ0v) is 19.2. The molecule has 1 aromatic carbocycles. The molecule has 0 saturated carbocycles. The summed E-state index contributed by atoms with van der Waals surface area (Å²) >= 11 is 1.14. The maximum absolute atomic E-state index is 14.5. The van der Waals surface area contributed by atoms with Crippen molar-refractivity contribution >= 4 is 34.5 Å². The van der Waals surface area contributed by atoms with Crippen LogP contribution in [0.25, 0.3) is 10.6 Å². The number of nitrogens with one attached hydrogen (secondary N) is 1. The number of rotatable bonds is 5. The number of carbonyl (C=O) groups excluding carboxylic acids is 2. The first-order valence-corrected chi connectivity index (χ1v) is 11.4. The minimum Gasteiger partial charge on any atom is -0.368 e. The molecule has 33 heavy (non-hydrogen) atoms. The molecule has 10 heteroatoms. The number of carbonyl (C=O) groups is 2. The molecule has 2 aromatic heterocycles.